The SMILES string of the molecule is N[C@@H]1CCCC2=C1C=CCC2. The molecule has 0 saturated heterocycles. The summed E-state index contributed by atoms with van der Waals surface area (Å²) in [6, 6.07) is 0.343. The minimum Gasteiger partial charge on any atom is -0.324 e. The molecule has 1 heteroatoms. The zero-order valence-corrected chi connectivity index (χ0v) is 6.84. The Morgan fingerprint density at radius 3 is 3.09 bits per heavy atom. The van der Waals surface area contributed by atoms with E-state index in [1.807, 2.05) is 0 Å². The minimum atomic E-state index is 0.343. The molecule has 0 radical (unpaired) electrons. The maximum absolute atomic E-state index is 5.98. The molecule has 60 valence electrons. The second-order valence-corrected chi connectivity index (χ2v) is 3.50. The highest BCUT2D eigenvalue weighted by Gasteiger charge is 2.18. The van der Waals surface area contributed by atoms with Crippen molar-refractivity contribution < 1.29 is 0 Å². The monoisotopic (exact) mass is 149 g/mol. The summed E-state index contributed by atoms with van der Waals surface area (Å²) in [6.45, 7) is 0. The van der Waals surface area contributed by atoms with Crippen LogP contribution in [0.15, 0.2) is 23.3 Å². The normalized spacial score (nSPS) is 30.5. The molecule has 0 aromatic carbocycles. The predicted molar refractivity (Wildman–Crippen MR) is 47.2 cm³/mol. The maximum Gasteiger partial charge on any atom is 0.0294 e. The highest BCUT2D eigenvalue weighted by atomic mass is 14.6. The first-order valence-electron chi connectivity index (χ1n) is 4.52. The van der Waals surface area contributed by atoms with Gasteiger partial charge in [0.25, 0.3) is 0 Å². The Balaban J connectivity index is 2.28. The summed E-state index contributed by atoms with van der Waals surface area (Å²) in [5, 5.41) is 0. The van der Waals surface area contributed by atoms with Crippen LogP contribution in [0.2, 0.25) is 0 Å². The minimum absolute atomic E-state index is 0.343. The smallest absolute Gasteiger partial charge is 0.0294 e. The summed E-state index contributed by atoms with van der Waals surface area (Å²) in [7, 11) is 0. The van der Waals surface area contributed by atoms with Crippen LogP contribution >= 0.6 is 0 Å². The van der Waals surface area contributed by atoms with E-state index in [1.165, 1.54) is 37.7 Å². The molecule has 0 heterocycles. The summed E-state index contributed by atoms with van der Waals surface area (Å²) in [5.74, 6) is 0. The second-order valence-electron chi connectivity index (χ2n) is 3.50. The van der Waals surface area contributed by atoms with Crippen LogP contribution in [0.3, 0.4) is 0 Å². The first-order valence-corrected chi connectivity index (χ1v) is 4.52. The van der Waals surface area contributed by atoms with E-state index in [9.17, 15) is 0 Å². The first kappa shape index (κ1) is 7.11. The number of hydrogen-bond acceptors (Lipinski definition) is 1. The van der Waals surface area contributed by atoms with E-state index in [0.717, 1.165) is 0 Å². The van der Waals surface area contributed by atoms with Gasteiger partial charge in [-0.15, -0.1) is 0 Å². The molecule has 0 unspecified atom stereocenters. The predicted octanol–water partition coefficient (Wildman–Crippen LogP) is 2.14. The molecule has 2 aliphatic rings. The van der Waals surface area contributed by atoms with Crippen molar-refractivity contribution in [2.24, 2.45) is 5.73 Å². The molecule has 2 N–H and O–H groups in total. The van der Waals surface area contributed by atoms with E-state index >= 15 is 0 Å². The lowest BCUT2D eigenvalue weighted by Crippen LogP contribution is -2.26. The van der Waals surface area contributed by atoms with Crippen molar-refractivity contribution in [3.63, 3.8) is 0 Å². The lowest BCUT2D eigenvalue weighted by molar-refractivity contribution is 0.585. The molecule has 0 bridgehead atoms. The van der Waals surface area contributed by atoms with E-state index in [-0.39, 0.29) is 0 Å². The average molecular weight is 149 g/mol. The van der Waals surface area contributed by atoms with Gasteiger partial charge in [-0.05, 0) is 37.7 Å². The largest absolute Gasteiger partial charge is 0.324 e. The van der Waals surface area contributed by atoms with Crippen LogP contribution in [0.4, 0.5) is 0 Å². The fourth-order valence-corrected chi connectivity index (χ4v) is 2.08. The van der Waals surface area contributed by atoms with Gasteiger partial charge in [0.2, 0.25) is 0 Å². The van der Waals surface area contributed by atoms with Gasteiger partial charge >= 0.3 is 0 Å². The maximum atomic E-state index is 5.98. The van der Waals surface area contributed by atoms with Crippen LogP contribution in [0, 0.1) is 0 Å². The zero-order chi connectivity index (χ0) is 7.68. The molecule has 0 spiro atoms. The van der Waals surface area contributed by atoms with Gasteiger partial charge in [0.05, 0.1) is 0 Å². The van der Waals surface area contributed by atoms with E-state index in [1.54, 1.807) is 5.57 Å². The Morgan fingerprint density at radius 1 is 1.36 bits per heavy atom. The van der Waals surface area contributed by atoms with E-state index in [0.29, 0.717) is 6.04 Å². The Labute approximate surface area is 68.0 Å². The van der Waals surface area contributed by atoms with Gasteiger partial charge < -0.3 is 5.73 Å². The molecular weight excluding hydrogens is 134 g/mol. The third-order valence-electron chi connectivity index (χ3n) is 2.71. The first-order chi connectivity index (χ1) is 5.38. The molecule has 0 saturated carbocycles. The molecule has 1 nitrogen and oxygen atoms in total. The number of hydrogen-bond donors (Lipinski definition) is 1. The van der Waals surface area contributed by atoms with Crippen LogP contribution in [0.5, 0.6) is 0 Å². The van der Waals surface area contributed by atoms with Crippen LogP contribution in [-0.2, 0) is 0 Å². The molecule has 0 aromatic rings. The van der Waals surface area contributed by atoms with Crippen molar-refractivity contribution in [1.82, 2.24) is 0 Å². The highest BCUT2D eigenvalue weighted by Crippen LogP contribution is 2.30. The number of rotatable bonds is 0. The summed E-state index contributed by atoms with van der Waals surface area (Å²) in [5.41, 5.74) is 9.06. The van der Waals surface area contributed by atoms with Crippen LogP contribution in [0.25, 0.3) is 0 Å². The fraction of sp³-hybridized carbons (Fsp3) is 0.600. The summed E-state index contributed by atoms with van der Waals surface area (Å²) in [4.78, 5) is 0. The molecule has 11 heavy (non-hydrogen) atoms. The molecule has 0 aliphatic heterocycles. The molecule has 2 rings (SSSR count). The molecular formula is C10H15N. The zero-order valence-electron chi connectivity index (χ0n) is 6.84. The van der Waals surface area contributed by atoms with Crippen molar-refractivity contribution >= 4 is 0 Å². The van der Waals surface area contributed by atoms with Gasteiger partial charge in [-0.1, -0.05) is 17.7 Å². The standard InChI is InChI=1S/C10H15N/c11-10-7-3-5-8-4-1-2-6-9(8)10/h2,6,10H,1,3-5,7,11H2/t10-/m1/s1. The van der Waals surface area contributed by atoms with Gasteiger partial charge in [0.15, 0.2) is 0 Å². The third-order valence-corrected chi connectivity index (χ3v) is 2.71. The van der Waals surface area contributed by atoms with Crippen LogP contribution in [-0.4, -0.2) is 6.04 Å². The third kappa shape index (κ3) is 1.25. The fourth-order valence-electron chi connectivity index (χ4n) is 2.08. The van der Waals surface area contributed by atoms with E-state index in [4.69, 9.17) is 5.73 Å². The van der Waals surface area contributed by atoms with Crippen LogP contribution < -0.4 is 5.73 Å². The van der Waals surface area contributed by atoms with Crippen molar-refractivity contribution in [3.05, 3.63) is 23.3 Å². The Hall–Kier alpha value is -0.560. The Kier molecular flexibility index (Phi) is 1.82. The summed E-state index contributed by atoms with van der Waals surface area (Å²) in [6.07, 6.45) is 10.8. The highest BCUT2D eigenvalue weighted by molar-refractivity contribution is 5.35. The van der Waals surface area contributed by atoms with Crippen molar-refractivity contribution in [3.8, 4) is 0 Å². The van der Waals surface area contributed by atoms with Gasteiger partial charge in [-0.2, -0.15) is 0 Å². The van der Waals surface area contributed by atoms with E-state index in [2.05, 4.69) is 12.2 Å². The van der Waals surface area contributed by atoms with Gasteiger partial charge in [-0.3, -0.25) is 0 Å². The molecule has 2 aliphatic carbocycles. The molecule has 0 aromatic heterocycles. The average Bonchev–Trinajstić information content (AvgIpc) is 2.06. The quantitative estimate of drug-likeness (QED) is 0.561. The van der Waals surface area contributed by atoms with Gasteiger partial charge in [-0.25, -0.2) is 0 Å². The van der Waals surface area contributed by atoms with Crippen LogP contribution in [0.1, 0.15) is 32.1 Å². The molecule has 0 fully saturated rings. The van der Waals surface area contributed by atoms with Gasteiger partial charge in [0, 0.05) is 6.04 Å². The number of allylic oxidation sites excluding steroid dienone is 2. The van der Waals surface area contributed by atoms with Crippen molar-refractivity contribution in [2.75, 3.05) is 0 Å². The van der Waals surface area contributed by atoms with Gasteiger partial charge in [0.1, 0.15) is 0 Å². The molecule has 0 amide bonds. The number of nitrogens with two attached hydrogens (primary N) is 1. The second kappa shape index (κ2) is 2.82. The Bertz CT molecular complexity index is 213. The lowest BCUT2D eigenvalue weighted by atomic mass is 9.83. The van der Waals surface area contributed by atoms with E-state index < -0.39 is 0 Å². The van der Waals surface area contributed by atoms with Crippen molar-refractivity contribution in [2.45, 2.75) is 38.1 Å². The lowest BCUT2D eigenvalue weighted by Gasteiger charge is -2.26. The molecule has 1 atom stereocenters. The topological polar surface area (TPSA) is 26.0 Å². The summed E-state index contributed by atoms with van der Waals surface area (Å²) < 4.78 is 0. The van der Waals surface area contributed by atoms with Crippen molar-refractivity contribution in [1.29, 1.82) is 0 Å². The Morgan fingerprint density at radius 2 is 2.27 bits per heavy atom. The summed E-state index contributed by atoms with van der Waals surface area (Å²) >= 11 is 0.